The molecule has 0 radical (unpaired) electrons. The molecule has 0 aliphatic carbocycles. The summed E-state index contributed by atoms with van der Waals surface area (Å²) in [5, 5.41) is 10.3. The average Bonchev–Trinajstić information content (AvgIpc) is 3.40. The fourth-order valence-electron chi connectivity index (χ4n) is 3.03. The fraction of sp³-hybridized carbons (Fsp3) is 0.278. The Balaban J connectivity index is 1.38. The zero-order chi connectivity index (χ0) is 17.9. The van der Waals surface area contributed by atoms with E-state index in [0.29, 0.717) is 16.7 Å². The molecular weight excluding hydrogens is 373 g/mol. The van der Waals surface area contributed by atoms with E-state index in [-0.39, 0.29) is 23.5 Å². The molecule has 0 N–H and O–H groups in total. The Morgan fingerprint density at radius 3 is 2.92 bits per heavy atom. The second kappa shape index (κ2) is 7.59. The number of amides is 1. The van der Waals surface area contributed by atoms with Crippen molar-refractivity contribution in [1.82, 2.24) is 15.1 Å². The number of thioether (sulfide) groups is 1. The van der Waals surface area contributed by atoms with Gasteiger partial charge in [-0.2, -0.15) is 0 Å². The third kappa shape index (κ3) is 3.66. The highest BCUT2D eigenvalue weighted by Gasteiger charge is 2.30. The predicted molar refractivity (Wildman–Crippen MR) is 98.4 cm³/mol. The van der Waals surface area contributed by atoms with Crippen molar-refractivity contribution < 1.29 is 13.6 Å². The Labute approximate surface area is 158 Å². The van der Waals surface area contributed by atoms with Gasteiger partial charge in [0.05, 0.1) is 11.8 Å². The molecule has 1 saturated heterocycles. The summed E-state index contributed by atoms with van der Waals surface area (Å²) in [4.78, 5) is 15.8. The second-order valence-corrected chi connectivity index (χ2v) is 7.84. The van der Waals surface area contributed by atoms with Gasteiger partial charge < -0.3 is 9.32 Å². The summed E-state index contributed by atoms with van der Waals surface area (Å²) in [5.74, 6) is 0.330. The summed E-state index contributed by atoms with van der Waals surface area (Å²) < 4.78 is 18.6. The van der Waals surface area contributed by atoms with Crippen LogP contribution in [0.4, 0.5) is 4.39 Å². The first-order valence-electron chi connectivity index (χ1n) is 8.26. The quantitative estimate of drug-likeness (QED) is 0.606. The number of aromatic nitrogens is 2. The third-order valence-corrected chi connectivity index (χ3v) is 6.04. The zero-order valence-electron chi connectivity index (χ0n) is 13.8. The zero-order valence-corrected chi connectivity index (χ0v) is 15.4. The topological polar surface area (TPSA) is 59.2 Å². The van der Waals surface area contributed by atoms with Crippen LogP contribution >= 0.6 is 23.1 Å². The van der Waals surface area contributed by atoms with E-state index in [9.17, 15) is 9.18 Å². The summed E-state index contributed by atoms with van der Waals surface area (Å²) in [6, 6.07) is 10.1. The summed E-state index contributed by atoms with van der Waals surface area (Å²) in [7, 11) is 0. The number of rotatable bonds is 5. The molecule has 0 spiro atoms. The van der Waals surface area contributed by atoms with Gasteiger partial charge in [0.1, 0.15) is 5.82 Å². The Kier molecular flexibility index (Phi) is 5.03. The maximum atomic E-state index is 13.0. The van der Waals surface area contributed by atoms with Crippen molar-refractivity contribution >= 4 is 29.0 Å². The van der Waals surface area contributed by atoms with E-state index in [4.69, 9.17) is 4.42 Å². The van der Waals surface area contributed by atoms with Crippen molar-refractivity contribution in [3.05, 3.63) is 52.5 Å². The number of likely N-dealkylation sites (tertiary alicyclic amines) is 1. The van der Waals surface area contributed by atoms with Gasteiger partial charge in [-0.3, -0.25) is 4.79 Å². The molecule has 1 aromatic carbocycles. The molecular formula is C18H16FN3O2S2. The Hall–Kier alpha value is -2.19. The van der Waals surface area contributed by atoms with E-state index < -0.39 is 0 Å². The van der Waals surface area contributed by atoms with E-state index >= 15 is 0 Å². The van der Waals surface area contributed by atoms with Crippen LogP contribution in [0.3, 0.4) is 0 Å². The molecule has 0 unspecified atom stereocenters. The largest absolute Gasteiger partial charge is 0.411 e. The van der Waals surface area contributed by atoms with Crippen LogP contribution < -0.4 is 0 Å². The number of carbonyl (C=O) groups excluding carboxylic acids is 1. The lowest BCUT2D eigenvalue weighted by molar-refractivity contribution is -0.129. The lowest BCUT2D eigenvalue weighted by atomic mass is 10.2. The van der Waals surface area contributed by atoms with Gasteiger partial charge >= 0.3 is 0 Å². The maximum Gasteiger partial charge on any atom is 0.277 e. The Morgan fingerprint density at radius 1 is 1.31 bits per heavy atom. The maximum absolute atomic E-state index is 13.0. The minimum atomic E-state index is -0.320. The molecule has 5 nitrogen and oxygen atoms in total. The van der Waals surface area contributed by atoms with Crippen molar-refractivity contribution in [1.29, 1.82) is 0 Å². The smallest absolute Gasteiger partial charge is 0.277 e. The third-order valence-electron chi connectivity index (χ3n) is 4.26. The van der Waals surface area contributed by atoms with E-state index in [2.05, 4.69) is 16.3 Å². The molecule has 0 bridgehead atoms. The lowest BCUT2D eigenvalue weighted by Crippen LogP contribution is -2.31. The average molecular weight is 389 g/mol. The lowest BCUT2D eigenvalue weighted by Gasteiger charge is -2.23. The number of carbonyl (C=O) groups is 1. The van der Waals surface area contributed by atoms with Crippen LogP contribution in [0.5, 0.6) is 0 Å². The van der Waals surface area contributed by atoms with Gasteiger partial charge in [0, 0.05) is 17.0 Å². The van der Waals surface area contributed by atoms with Gasteiger partial charge in [-0.15, -0.1) is 21.5 Å². The van der Waals surface area contributed by atoms with Gasteiger partial charge in [0.2, 0.25) is 11.8 Å². The van der Waals surface area contributed by atoms with Gasteiger partial charge in [-0.25, -0.2) is 4.39 Å². The number of benzene rings is 1. The Bertz CT molecular complexity index is 880. The van der Waals surface area contributed by atoms with Crippen LogP contribution in [0, 0.1) is 5.82 Å². The minimum Gasteiger partial charge on any atom is -0.411 e. The van der Waals surface area contributed by atoms with Crippen LogP contribution in [-0.4, -0.2) is 33.3 Å². The highest BCUT2D eigenvalue weighted by molar-refractivity contribution is 7.99. The monoisotopic (exact) mass is 389 g/mol. The molecule has 1 atom stereocenters. The summed E-state index contributed by atoms with van der Waals surface area (Å²) in [6.07, 6.45) is 2.03. The Morgan fingerprint density at radius 2 is 2.15 bits per heavy atom. The molecule has 1 aliphatic heterocycles. The van der Waals surface area contributed by atoms with Crippen LogP contribution in [0.2, 0.25) is 0 Å². The van der Waals surface area contributed by atoms with Crippen molar-refractivity contribution in [2.45, 2.75) is 24.1 Å². The van der Waals surface area contributed by atoms with Crippen LogP contribution in [0.1, 0.15) is 23.8 Å². The standard InChI is InChI=1S/C18H16FN3O2S2/c19-13-7-5-12(6-8-13)17-20-21-18(24-17)26-11-16(23)22-9-1-3-14(22)15-4-2-10-25-15/h2,4-8,10,14H,1,3,9,11H2/t14-/m0/s1. The highest BCUT2D eigenvalue weighted by atomic mass is 32.2. The number of hydrogen-bond donors (Lipinski definition) is 0. The molecule has 134 valence electrons. The van der Waals surface area contributed by atoms with E-state index in [1.807, 2.05) is 16.3 Å². The summed E-state index contributed by atoms with van der Waals surface area (Å²) in [5.41, 5.74) is 0.648. The molecule has 4 rings (SSSR count). The van der Waals surface area contributed by atoms with Gasteiger partial charge in [-0.1, -0.05) is 17.8 Å². The fourth-order valence-corrected chi connectivity index (χ4v) is 4.55. The van der Waals surface area contributed by atoms with Crippen molar-refractivity contribution in [2.24, 2.45) is 0 Å². The molecule has 3 aromatic rings. The molecule has 1 aliphatic rings. The number of nitrogens with zero attached hydrogens (tertiary/aromatic N) is 3. The first-order chi connectivity index (χ1) is 12.7. The number of thiophene rings is 1. The van der Waals surface area contributed by atoms with Crippen molar-refractivity contribution in [2.75, 3.05) is 12.3 Å². The molecule has 26 heavy (non-hydrogen) atoms. The minimum absolute atomic E-state index is 0.0763. The first-order valence-corrected chi connectivity index (χ1v) is 10.1. The van der Waals surface area contributed by atoms with Crippen molar-refractivity contribution in [3.8, 4) is 11.5 Å². The normalized spacial score (nSPS) is 17.0. The molecule has 8 heteroatoms. The van der Waals surface area contributed by atoms with Crippen LogP contribution in [-0.2, 0) is 4.79 Å². The molecule has 2 aromatic heterocycles. The molecule has 1 fully saturated rings. The second-order valence-electron chi connectivity index (χ2n) is 5.93. The molecule has 3 heterocycles. The summed E-state index contributed by atoms with van der Waals surface area (Å²) in [6.45, 7) is 0.784. The molecule has 0 saturated carbocycles. The highest BCUT2D eigenvalue weighted by Crippen LogP contribution is 2.35. The van der Waals surface area contributed by atoms with Crippen molar-refractivity contribution in [3.63, 3.8) is 0 Å². The number of halogens is 1. The van der Waals surface area contributed by atoms with Crippen LogP contribution in [0.25, 0.3) is 11.5 Å². The SMILES string of the molecule is O=C(CSc1nnc(-c2ccc(F)cc2)o1)N1CCC[C@H]1c1cccs1. The van der Waals surface area contributed by atoms with Gasteiger partial charge in [-0.05, 0) is 48.6 Å². The van der Waals surface area contributed by atoms with E-state index in [1.165, 1.54) is 28.8 Å². The first kappa shape index (κ1) is 17.2. The predicted octanol–water partition coefficient (Wildman–Crippen LogP) is 4.39. The molecule has 1 amide bonds. The van der Waals surface area contributed by atoms with E-state index in [0.717, 1.165) is 19.4 Å². The number of hydrogen-bond acceptors (Lipinski definition) is 6. The van der Waals surface area contributed by atoms with E-state index in [1.54, 1.807) is 23.5 Å². The van der Waals surface area contributed by atoms with Gasteiger partial charge in [0.15, 0.2) is 0 Å². The van der Waals surface area contributed by atoms with Gasteiger partial charge in [0.25, 0.3) is 5.22 Å². The summed E-state index contributed by atoms with van der Waals surface area (Å²) >= 11 is 2.92. The van der Waals surface area contributed by atoms with Crippen LogP contribution in [0.15, 0.2) is 51.4 Å².